The van der Waals surface area contributed by atoms with E-state index in [4.69, 9.17) is 0 Å². The summed E-state index contributed by atoms with van der Waals surface area (Å²) in [7, 11) is 0. The van der Waals surface area contributed by atoms with E-state index in [2.05, 4.69) is 6.07 Å². The normalized spacial score (nSPS) is 10.9. The molecule has 1 heterocycles. The number of carbonyl (C=O) groups is 1. The highest BCUT2D eigenvalue weighted by Crippen LogP contribution is 2.13. The van der Waals surface area contributed by atoms with Crippen LogP contribution in [0.3, 0.4) is 0 Å². The van der Waals surface area contributed by atoms with Crippen molar-refractivity contribution in [2.24, 2.45) is 0 Å². The highest BCUT2D eigenvalue weighted by molar-refractivity contribution is 6.00. The Kier molecular flexibility index (Phi) is 5.40. The highest BCUT2D eigenvalue weighted by Gasteiger charge is 2.28. The van der Waals surface area contributed by atoms with Gasteiger partial charge in [0.15, 0.2) is 12.4 Å². The van der Waals surface area contributed by atoms with Gasteiger partial charge in [-0.2, -0.15) is 9.83 Å². The van der Waals surface area contributed by atoms with Gasteiger partial charge in [0.1, 0.15) is 6.07 Å². The molecule has 0 amide bonds. The summed E-state index contributed by atoms with van der Waals surface area (Å²) in [5.41, 5.74) is 1.49. The molecule has 1 atom stereocenters. The second kappa shape index (κ2) is 6.81. The quantitative estimate of drug-likeness (QED) is 0.551. The molecule has 19 heavy (non-hydrogen) atoms. The topological polar surface area (TPSA) is 44.7 Å². The molecule has 2 rings (SSSR count). The average Bonchev–Trinajstić information content (AvgIpc) is 2.41. The van der Waals surface area contributed by atoms with Crippen LogP contribution < -0.4 is 21.5 Å². The summed E-state index contributed by atoms with van der Waals surface area (Å²) in [5.74, 6) is -0.174. The highest BCUT2D eigenvalue weighted by atomic mass is 79.9. The Balaban J connectivity index is 0.00000180. The molecule has 0 radical (unpaired) electrons. The van der Waals surface area contributed by atoms with Crippen LogP contribution >= 0.6 is 0 Å². The molecule has 0 N–H and O–H groups in total. The maximum atomic E-state index is 12.4. The number of aromatic nitrogens is 1. The first-order valence-corrected chi connectivity index (χ1v) is 5.69. The maximum absolute atomic E-state index is 12.4. The standard InChI is InChI=1S/C15H13N2O.BrH/c1-12-7-3-4-8-13(12)15(18)14(11-16)17-9-5-2-6-10-17;/h2-10,14H,1H3;1H/q+1;/p-1. The van der Waals surface area contributed by atoms with Gasteiger partial charge < -0.3 is 17.0 Å². The van der Waals surface area contributed by atoms with Gasteiger partial charge in [-0.25, -0.2) is 0 Å². The Hall–Kier alpha value is -1.99. The number of rotatable bonds is 3. The van der Waals surface area contributed by atoms with Crippen LogP contribution in [-0.4, -0.2) is 5.78 Å². The zero-order valence-corrected chi connectivity index (χ0v) is 12.0. The van der Waals surface area contributed by atoms with Crippen molar-refractivity contribution in [1.29, 1.82) is 5.26 Å². The van der Waals surface area contributed by atoms with Gasteiger partial charge in [-0.3, -0.25) is 4.79 Å². The van der Waals surface area contributed by atoms with Crippen LogP contribution in [0.25, 0.3) is 0 Å². The molecule has 1 unspecified atom stereocenters. The molecule has 0 bridgehead atoms. The summed E-state index contributed by atoms with van der Waals surface area (Å²) in [6.45, 7) is 1.87. The van der Waals surface area contributed by atoms with Crippen LogP contribution in [0.4, 0.5) is 0 Å². The van der Waals surface area contributed by atoms with E-state index in [9.17, 15) is 10.1 Å². The fraction of sp³-hybridized carbons (Fsp3) is 0.133. The van der Waals surface area contributed by atoms with E-state index >= 15 is 0 Å². The third kappa shape index (κ3) is 3.27. The molecule has 0 spiro atoms. The summed E-state index contributed by atoms with van der Waals surface area (Å²) in [6, 6.07) is 14.0. The maximum Gasteiger partial charge on any atom is 0.306 e. The second-order valence-electron chi connectivity index (χ2n) is 4.03. The van der Waals surface area contributed by atoms with E-state index in [-0.39, 0.29) is 22.8 Å². The second-order valence-corrected chi connectivity index (χ2v) is 4.03. The van der Waals surface area contributed by atoms with E-state index in [0.717, 1.165) is 5.56 Å². The predicted molar refractivity (Wildman–Crippen MR) is 66.8 cm³/mol. The van der Waals surface area contributed by atoms with E-state index in [1.807, 2.05) is 31.2 Å². The first-order valence-electron chi connectivity index (χ1n) is 5.69. The van der Waals surface area contributed by atoms with Crippen molar-refractivity contribution in [3.63, 3.8) is 0 Å². The Bertz CT molecular complexity index is 605. The molecule has 0 fully saturated rings. The van der Waals surface area contributed by atoms with E-state index in [1.54, 1.807) is 35.2 Å². The Labute approximate surface area is 122 Å². The lowest BCUT2D eigenvalue weighted by Gasteiger charge is -2.06. The van der Waals surface area contributed by atoms with Crippen LogP contribution in [-0.2, 0) is 0 Å². The van der Waals surface area contributed by atoms with Gasteiger partial charge in [0.05, 0.1) is 0 Å². The van der Waals surface area contributed by atoms with Crippen LogP contribution in [0, 0.1) is 18.3 Å². The molecule has 1 aromatic heterocycles. The molecule has 0 aliphatic rings. The minimum atomic E-state index is -0.813. The summed E-state index contributed by atoms with van der Waals surface area (Å²) < 4.78 is 1.62. The van der Waals surface area contributed by atoms with Gasteiger partial charge >= 0.3 is 6.04 Å². The molecule has 3 nitrogen and oxygen atoms in total. The van der Waals surface area contributed by atoms with Gasteiger partial charge in [0.25, 0.3) is 0 Å². The molecule has 0 saturated carbocycles. The number of nitrogens with zero attached hydrogens (tertiary/aromatic N) is 2. The molecule has 0 saturated heterocycles. The third-order valence-electron chi connectivity index (χ3n) is 2.82. The van der Waals surface area contributed by atoms with Gasteiger partial charge in [-0.1, -0.05) is 30.3 Å². The first kappa shape index (κ1) is 15.1. The van der Waals surface area contributed by atoms with E-state index < -0.39 is 6.04 Å². The molecular formula is C15H13BrN2O. The molecule has 4 heteroatoms. The minimum absolute atomic E-state index is 0. The van der Waals surface area contributed by atoms with Gasteiger partial charge in [-0.15, -0.1) is 0 Å². The predicted octanol–water partition coefficient (Wildman–Crippen LogP) is -0.766. The zero-order chi connectivity index (χ0) is 13.0. The molecule has 2 aromatic rings. The number of Topliss-reactive ketones (excluding diaryl/α,β-unsaturated/α-hetero) is 1. The van der Waals surface area contributed by atoms with Crippen molar-refractivity contribution in [1.82, 2.24) is 0 Å². The van der Waals surface area contributed by atoms with Crippen molar-refractivity contribution in [2.45, 2.75) is 13.0 Å². The number of benzene rings is 1. The van der Waals surface area contributed by atoms with Crippen molar-refractivity contribution in [2.75, 3.05) is 0 Å². The molecule has 0 aliphatic carbocycles. The van der Waals surface area contributed by atoms with Crippen LogP contribution in [0.2, 0.25) is 0 Å². The van der Waals surface area contributed by atoms with Crippen LogP contribution in [0.5, 0.6) is 0 Å². The summed E-state index contributed by atoms with van der Waals surface area (Å²) in [4.78, 5) is 12.4. The largest absolute Gasteiger partial charge is 1.00 e. The SMILES string of the molecule is Cc1ccccc1C(=O)C(C#N)[n+]1ccccc1.[Br-]. The lowest BCUT2D eigenvalue weighted by Crippen LogP contribution is -3.00. The number of carbonyl (C=O) groups excluding carboxylic acids is 1. The van der Waals surface area contributed by atoms with E-state index in [0.29, 0.717) is 5.56 Å². The Morgan fingerprint density at radius 3 is 2.37 bits per heavy atom. The number of hydrogen-bond donors (Lipinski definition) is 0. The number of aryl methyl sites for hydroxylation is 1. The average molecular weight is 317 g/mol. The van der Waals surface area contributed by atoms with Crippen molar-refractivity contribution < 1.29 is 26.3 Å². The zero-order valence-electron chi connectivity index (χ0n) is 10.5. The van der Waals surface area contributed by atoms with E-state index in [1.165, 1.54) is 0 Å². The summed E-state index contributed by atoms with van der Waals surface area (Å²) in [5, 5.41) is 9.21. The number of halogens is 1. The monoisotopic (exact) mass is 316 g/mol. The smallest absolute Gasteiger partial charge is 0.306 e. The molecule has 0 aliphatic heterocycles. The number of hydrogen-bond acceptors (Lipinski definition) is 2. The molecule has 1 aromatic carbocycles. The minimum Gasteiger partial charge on any atom is -1.00 e. The van der Waals surface area contributed by atoms with Crippen molar-refractivity contribution in [3.8, 4) is 6.07 Å². The summed E-state index contributed by atoms with van der Waals surface area (Å²) >= 11 is 0. The third-order valence-corrected chi connectivity index (χ3v) is 2.82. The van der Waals surface area contributed by atoms with Crippen molar-refractivity contribution in [3.05, 3.63) is 66.0 Å². The molecular weight excluding hydrogens is 304 g/mol. The lowest BCUT2D eigenvalue weighted by atomic mass is 10.00. The number of nitriles is 1. The fourth-order valence-corrected chi connectivity index (χ4v) is 1.84. The Morgan fingerprint density at radius 2 is 1.79 bits per heavy atom. The van der Waals surface area contributed by atoms with Crippen molar-refractivity contribution >= 4 is 5.78 Å². The lowest BCUT2D eigenvalue weighted by molar-refractivity contribution is -0.695. The number of ketones is 1. The van der Waals surface area contributed by atoms with Gasteiger partial charge in [0, 0.05) is 17.7 Å². The number of pyridine rings is 1. The Morgan fingerprint density at radius 1 is 1.16 bits per heavy atom. The van der Waals surface area contributed by atoms with Gasteiger partial charge in [0.2, 0.25) is 5.78 Å². The van der Waals surface area contributed by atoms with Gasteiger partial charge in [-0.05, 0) is 12.5 Å². The van der Waals surface area contributed by atoms with Crippen LogP contribution in [0.15, 0.2) is 54.9 Å². The first-order chi connectivity index (χ1) is 8.74. The summed E-state index contributed by atoms with van der Waals surface area (Å²) in [6.07, 6.45) is 3.45. The van der Waals surface area contributed by atoms with Crippen LogP contribution in [0.1, 0.15) is 22.0 Å². The molecule has 96 valence electrons. The fourth-order valence-electron chi connectivity index (χ4n) is 1.84.